The van der Waals surface area contributed by atoms with Crippen LogP contribution in [0.1, 0.15) is 6.42 Å². The summed E-state index contributed by atoms with van der Waals surface area (Å²) >= 11 is 0. The summed E-state index contributed by atoms with van der Waals surface area (Å²) in [5, 5.41) is 0. The van der Waals surface area contributed by atoms with E-state index in [2.05, 4.69) is 4.18 Å². The molecule has 4 unspecified atom stereocenters. The van der Waals surface area contributed by atoms with Crippen molar-refractivity contribution in [3.05, 3.63) is 12.2 Å². The van der Waals surface area contributed by atoms with Crippen molar-refractivity contribution in [2.45, 2.75) is 12.8 Å². The zero-order valence-electron chi connectivity index (χ0n) is 9.70. The Morgan fingerprint density at radius 2 is 1.55 bits per heavy atom. The number of amides is 2. The average Bonchev–Trinajstić information content (AvgIpc) is 2.88. The number of hydrogen-bond acceptors (Lipinski definition) is 5. The van der Waals surface area contributed by atoms with Gasteiger partial charge < -0.3 is 0 Å². The normalized spacial score (nSPS) is 36.0. The molecule has 0 aromatic carbocycles. The molecule has 1 heterocycles. The monoisotopic (exact) mass is 311 g/mol. The van der Waals surface area contributed by atoms with Crippen LogP contribution >= 0.6 is 0 Å². The Hall–Kier alpha value is -1.42. The van der Waals surface area contributed by atoms with E-state index in [1.807, 2.05) is 0 Å². The lowest BCUT2D eigenvalue weighted by Crippen LogP contribution is -2.41. The number of rotatable bonds is 2. The molecule has 2 aliphatic carbocycles. The molecule has 6 nitrogen and oxygen atoms in total. The molecule has 0 radical (unpaired) electrons. The van der Waals surface area contributed by atoms with Gasteiger partial charge in [-0.1, -0.05) is 12.2 Å². The summed E-state index contributed by atoms with van der Waals surface area (Å²) < 4.78 is 61.6. The molecular weight excluding hydrogens is 303 g/mol. The summed E-state index contributed by atoms with van der Waals surface area (Å²) in [6.45, 7) is 0. The smallest absolute Gasteiger partial charge is 0.273 e. The zero-order chi connectivity index (χ0) is 14.9. The molecule has 0 aromatic heterocycles. The number of halogens is 3. The van der Waals surface area contributed by atoms with Gasteiger partial charge in [0.05, 0.1) is 11.8 Å². The summed E-state index contributed by atoms with van der Waals surface area (Å²) in [6.07, 6.45) is -1.56. The Bertz CT molecular complexity index is 595. The molecule has 110 valence electrons. The average molecular weight is 311 g/mol. The minimum atomic E-state index is -5.50. The molecule has 10 heteroatoms. The van der Waals surface area contributed by atoms with Crippen molar-refractivity contribution in [2.75, 3.05) is 0 Å². The maximum atomic E-state index is 12.1. The van der Waals surface area contributed by atoms with E-state index in [4.69, 9.17) is 0 Å². The summed E-state index contributed by atoms with van der Waals surface area (Å²) in [7, 11) is -5.50. The van der Waals surface area contributed by atoms with Crippen LogP contribution in [0.2, 0.25) is 0 Å². The highest BCUT2D eigenvalue weighted by Crippen LogP contribution is 2.53. The lowest BCUT2D eigenvalue weighted by molar-refractivity contribution is -0.273. The molecule has 1 aliphatic heterocycles. The summed E-state index contributed by atoms with van der Waals surface area (Å²) in [4.78, 5) is 23.9. The van der Waals surface area contributed by atoms with Crippen molar-refractivity contribution >= 4 is 22.1 Å². The maximum Gasteiger partial charge on any atom is 0.538 e. The third-order valence-corrected chi connectivity index (χ3v) is 5.06. The van der Waals surface area contributed by atoms with Crippen molar-refractivity contribution in [1.29, 1.82) is 0 Å². The molecule has 0 aromatic rings. The minimum absolute atomic E-state index is 0.299. The lowest BCUT2D eigenvalue weighted by atomic mass is 9.85. The Balaban J connectivity index is 1.94. The number of allylic oxidation sites excluding steroid dienone is 2. The first-order valence-corrected chi connectivity index (χ1v) is 7.07. The van der Waals surface area contributed by atoms with E-state index in [0.29, 0.717) is 6.42 Å². The van der Waals surface area contributed by atoms with Gasteiger partial charge in [-0.05, 0) is 18.3 Å². The molecule has 2 amide bonds. The molecule has 20 heavy (non-hydrogen) atoms. The largest absolute Gasteiger partial charge is 0.538 e. The Morgan fingerprint density at radius 3 is 1.95 bits per heavy atom. The van der Waals surface area contributed by atoms with Gasteiger partial charge in [0.15, 0.2) is 0 Å². The van der Waals surface area contributed by atoms with Gasteiger partial charge in [0.25, 0.3) is 0 Å². The van der Waals surface area contributed by atoms with Gasteiger partial charge in [0.1, 0.15) is 0 Å². The van der Waals surface area contributed by atoms with E-state index in [1.165, 1.54) is 0 Å². The quantitative estimate of drug-likeness (QED) is 0.550. The highest BCUT2D eigenvalue weighted by atomic mass is 32.2. The molecule has 2 fully saturated rings. The van der Waals surface area contributed by atoms with Crippen molar-refractivity contribution in [3.8, 4) is 0 Å². The SMILES string of the molecule is O=C1C2C3C=CC(C3)C2C(=O)N1S(=O)(=O)OC(F)(F)F. The van der Waals surface area contributed by atoms with Crippen LogP contribution in [0.4, 0.5) is 13.2 Å². The van der Waals surface area contributed by atoms with E-state index in [0.717, 1.165) is 0 Å². The third-order valence-electron chi connectivity index (χ3n) is 3.85. The van der Waals surface area contributed by atoms with Crippen LogP contribution < -0.4 is 0 Å². The Labute approximate surface area is 111 Å². The molecule has 0 spiro atoms. The highest BCUT2D eigenvalue weighted by molar-refractivity contribution is 7.85. The number of hydrogen-bond donors (Lipinski definition) is 0. The first kappa shape index (κ1) is 13.6. The fourth-order valence-electron chi connectivity index (χ4n) is 3.25. The van der Waals surface area contributed by atoms with Crippen LogP contribution in [0.3, 0.4) is 0 Å². The minimum Gasteiger partial charge on any atom is -0.273 e. The van der Waals surface area contributed by atoms with Crippen LogP contribution in [0.15, 0.2) is 12.2 Å². The fourth-order valence-corrected chi connectivity index (χ4v) is 4.25. The van der Waals surface area contributed by atoms with Crippen LogP contribution in [0.5, 0.6) is 0 Å². The Kier molecular flexibility index (Phi) is 2.59. The summed E-state index contributed by atoms with van der Waals surface area (Å²) in [5.74, 6) is -4.67. The van der Waals surface area contributed by atoms with Crippen LogP contribution in [-0.4, -0.2) is 30.9 Å². The van der Waals surface area contributed by atoms with E-state index < -0.39 is 40.3 Å². The first-order chi connectivity index (χ1) is 9.12. The van der Waals surface area contributed by atoms with Gasteiger partial charge in [0, 0.05) is 0 Å². The van der Waals surface area contributed by atoms with E-state index >= 15 is 0 Å². The summed E-state index contributed by atoms with van der Waals surface area (Å²) in [6, 6.07) is 0. The molecule has 1 saturated carbocycles. The topological polar surface area (TPSA) is 80.8 Å². The van der Waals surface area contributed by atoms with Crippen LogP contribution in [-0.2, 0) is 24.1 Å². The van der Waals surface area contributed by atoms with Crippen LogP contribution in [0, 0.1) is 23.7 Å². The van der Waals surface area contributed by atoms with Gasteiger partial charge in [0.2, 0.25) is 11.8 Å². The number of fused-ring (bicyclic) bond motifs is 5. The number of carbonyl (C=O) groups is 2. The van der Waals surface area contributed by atoms with E-state index in [9.17, 15) is 31.2 Å². The molecule has 3 rings (SSSR count). The number of imide groups is 1. The second-order valence-electron chi connectivity index (χ2n) is 4.93. The van der Waals surface area contributed by atoms with Crippen molar-refractivity contribution in [3.63, 3.8) is 0 Å². The molecule has 4 atom stereocenters. The van der Waals surface area contributed by atoms with Gasteiger partial charge in [-0.2, -0.15) is 12.6 Å². The second-order valence-corrected chi connectivity index (χ2v) is 6.31. The molecule has 1 saturated heterocycles. The van der Waals surface area contributed by atoms with E-state index in [-0.39, 0.29) is 16.1 Å². The van der Waals surface area contributed by atoms with Crippen molar-refractivity contribution in [2.24, 2.45) is 23.7 Å². The molecule has 0 N–H and O–H groups in total. The number of nitrogens with zero attached hydrogens (tertiary/aromatic N) is 1. The Morgan fingerprint density at radius 1 is 1.10 bits per heavy atom. The number of alkyl halides is 3. The van der Waals surface area contributed by atoms with Crippen molar-refractivity contribution in [1.82, 2.24) is 4.31 Å². The molecule has 2 bridgehead atoms. The molecule has 3 aliphatic rings. The summed E-state index contributed by atoms with van der Waals surface area (Å²) in [5.41, 5.74) is 0. The van der Waals surface area contributed by atoms with Crippen LogP contribution in [0.25, 0.3) is 0 Å². The van der Waals surface area contributed by atoms with E-state index in [1.54, 1.807) is 12.2 Å². The first-order valence-electron chi connectivity index (χ1n) is 5.70. The second kappa shape index (κ2) is 3.82. The highest BCUT2D eigenvalue weighted by Gasteiger charge is 2.63. The van der Waals surface area contributed by atoms with Crippen molar-refractivity contribution < 1.29 is 35.4 Å². The van der Waals surface area contributed by atoms with Gasteiger partial charge in [-0.25, -0.2) is 0 Å². The predicted molar refractivity (Wildman–Crippen MR) is 55.6 cm³/mol. The maximum absolute atomic E-state index is 12.1. The van der Waals surface area contributed by atoms with Gasteiger partial charge in [-0.3, -0.25) is 9.59 Å². The molecular formula is C10H8F3NO5S. The predicted octanol–water partition coefficient (Wildman–Crippen LogP) is 0.575. The fraction of sp³-hybridized carbons (Fsp3) is 0.600. The number of carbonyl (C=O) groups excluding carboxylic acids is 2. The van der Waals surface area contributed by atoms with Gasteiger partial charge >= 0.3 is 16.7 Å². The third kappa shape index (κ3) is 1.78. The standard InChI is InChI=1S/C10H8F3NO5S/c11-10(12,13)19-20(17,18)14-8(15)6-4-1-2-5(3-4)7(6)9(14)16/h1-2,4-7H,3H2. The lowest BCUT2D eigenvalue weighted by Gasteiger charge is -2.17. The zero-order valence-corrected chi connectivity index (χ0v) is 10.5. The van der Waals surface area contributed by atoms with Gasteiger partial charge in [-0.15, -0.1) is 17.5 Å².